The van der Waals surface area contributed by atoms with Gasteiger partial charge in [-0.3, -0.25) is 0 Å². The summed E-state index contributed by atoms with van der Waals surface area (Å²) < 4.78 is 0. The van der Waals surface area contributed by atoms with E-state index in [2.05, 4.69) is 25.6 Å². The van der Waals surface area contributed by atoms with Gasteiger partial charge < -0.3 is 10.6 Å². The minimum absolute atomic E-state index is 0.446. The second-order valence-corrected chi connectivity index (χ2v) is 9.74. The molecule has 0 radical (unpaired) electrons. The minimum Gasteiger partial charge on any atom is -0.395 e. The highest BCUT2D eigenvalue weighted by Crippen LogP contribution is 2.66. The molecule has 0 aromatic heterocycles. The van der Waals surface area contributed by atoms with Gasteiger partial charge in [0.15, 0.2) is 0 Å². The summed E-state index contributed by atoms with van der Waals surface area (Å²) in [4.78, 5) is 5.38. The van der Waals surface area contributed by atoms with Crippen LogP contribution in [-0.2, 0) is 4.84 Å². The van der Waals surface area contributed by atoms with Gasteiger partial charge in [-0.05, 0) is 92.3 Å². The quantitative estimate of drug-likeness (QED) is 0.449. The van der Waals surface area contributed by atoms with Crippen LogP contribution < -0.4 is 5.73 Å². The summed E-state index contributed by atoms with van der Waals surface area (Å²) in [6.07, 6.45) is 11.8. The third-order valence-corrected chi connectivity index (χ3v) is 8.86. The molecule has 25 heavy (non-hydrogen) atoms. The fourth-order valence-corrected chi connectivity index (χ4v) is 7.24. The van der Waals surface area contributed by atoms with Gasteiger partial charge in [-0.2, -0.15) is 0 Å². The summed E-state index contributed by atoms with van der Waals surface area (Å²) in [5.41, 5.74) is 9.30. The first-order valence-corrected chi connectivity index (χ1v) is 10.5. The molecule has 0 saturated heterocycles. The Labute approximate surface area is 153 Å². The molecular weight excluding hydrogens is 308 g/mol. The Morgan fingerprint density at radius 1 is 1.12 bits per heavy atom. The topological polar surface area (TPSA) is 47.6 Å². The van der Waals surface area contributed by atoms with E-state index in [1.54, 1.807) is 5.57 Å². The summed E-state index contributed by atoms with van der Waals surface area (Å²) in [5.74, 6) is 3.56. The van der Waals surface area contributed by atoms with Gasteiger partial charge in [0, 0.05) is 6.54 Å². The Morgan fingerprint density at radius 2 is 1.96 bits per heavy atom. The van der Waals surface area contributed by atoms with Crippen molar-refractivity contribution in [2.75, 3.05) is 13.2 Å². The zero-order valence-corrected chi connectivity index (χ0v) is 16.2. The zero-order chi connectivity index (χ0) is 17.7. The Hall–Kier alpha value is -0.830. The smallest absolute Gasteiger partial charge is 0.129 e. The average molecular weight is 345 g/mol. The number of nitrogens with two attached hydrogens (primary N) is 1. The first kappa shape index (κ1) is 17.6. The summed E-state index contributed by atoms with van der Waals surface area (Å²) in [5, 5.41) is 4.40. The Morgan fingerprint density at radius 3 is 2.76 bits per heavy atom. The number of oxime groups is 1. The molecule has 4 aliphatic rings. The SMILES string of the molecule is C=C1CCC2C3CCC4CC(=NOCCN)CC[C@]4(C)C3CC[C@]12C. The highest BCUT2D eigenvalue weighted by atomic mass is 16.6. The molecule has 4 unspecified atom stereocenters. The van der Waals surface area contributed by atoms with Crippen molar-refractivity contribution in [3.63, 3.8) is 0 Å². The van der Waals surface area contributed by atoms with Crippen molar-refractivity contribution in [2.45, 2.75) is 71.6 Å². The highest BCUT2D eigenvalue weighted by Gasteiger charge is 2.58. The fraction of sp³-hybridized carbons (Fsp3) is 0.864. The molecular formula is C22H36N2O. The van der Waals surface area contributed by atoms with E-state index in [0.717, 1.165) is 36.5 Å². The summed E-state index contributed by atoms with van der Waals surface area (Å²) in [6.45, 7) is 10.7. The Bertz CT molecular complexity index is 570. The van der Waals surface area contributed by atoms with Crippen LogP contribution in [-0.4, -0.2) is 18.9 Å². The summed E-state index contributed by atoms with van der Waals surface area (Å²) in [6, 6.07) is 0. The molecule has 0 spiro atoms. The van der Waals surface area contributed by atoms with Crippen LogP contribution >= 0.6 is 0 Å². The number of allylic oxidation sites excluding steroid dienone is 1. The van der Waals surface area contributed by atoms with Crippen molar-refractivity contribution in [3.8, 4) is 0 Å². The molecule has 140 valence electrons. The van der Waals surface area contributed by atoms with Gasteiger partial charge in [0.1, 0.15) is 6.61 Å². The van der Waals surface area contributed by atoms with Crippen molar-refractivity contribution in [1.82, 2.24) is 0 Å². The standard InChI is InChI=1S/C22H36N2O/c1-15-4-7-19-18-6-5-16-14-17(24-25-13-12-23)8-10-22(16,3)20(18)9-11-21(15,19)2/h16,18-20H,1,4-14,23H2,2-3H3/t16?,18?,19?,20?,21-,22+/m1/s1. The van der Waals surface area contributed by atoms with E-state index in [1.165, 1.54) is 50.7 Å². The lowest BCUT2D eigenvalue weighted by molar-refractivity contribution is -0.0859. The number of nitrogens with zero attached hydrogens (tertiary/aromatic N) is 1. The van der Waals surface area contributed by atoms with Gasteiger partial charge in [0.25, 0.3) is 0 Å². The maximum absolute atomic E-state index is 5.51. The predicted octanol–water partition coefficient (Wildman–Crippen LogP) is 4.92. The molecule has 0 heterocycles. The van der Waals surface area contributed by atoms with Crippen molar-refractivity contribution < 1.29 is 4.84 Å². The number of fused-ring (bicyclic) bond motifs is 5. The maximum Gasteiger partial charge on any atom is 0.129 e. The molecule has 0 aromatic carbocycles. The number of rotatable bonds is 3. The normalized spacial score (nSPS) is 48.0. The largest absolute Gasteiger partial charge is 0.395 e. The van der Waals surface area contributed by atoms with Gasteiger partial charge >= 0.3 is 0 Å². The van der Waals surface area contributed by atoms with Crippen LogP contribution in [0, 0.1) is 34.5 Å². The molecule has 0 aliphatic heterocycles. The molecule has 3 nitrogen and oxygen atoms in total. The van der Waals surface area contributed by atoms with Crippen LogP contribution in [0.3, 0.4) is 0 Å². The second kappa shape index (κ2) is 6.40. The van der Waals surface area contributed by atoms with Crippen molar-refractivity contribution in [3.05, 3.63) is 12.2 Å². The molecule has 4 saturated carbocycles. The molecule has 4 rings (SSSR count). The lowest BCUT2D eigenvalue weighted by Crippen LogP contribution is -2.52. The molecule has 0 amide bonds. The maximum atomic E-state index is 5.51. The van der Waals surface area contributed by atoms with E-state index in [1.807, 2.05) is 0 Å². The Kier molecular flexibility index (Phi) is 4.50. The van der Waals surface area contributed by atoms with Gasteiger partial charge in [0.2, 0.25) is 0 Å². The lowest BCUT2D eigenvalue weighted by atomic mass is 9.45. The van der Waals surface area contributed by atoms with Gasteiger partial charge in [0.05, 0.1) is 5.71 Å². The summed E-state index contributed by atoms with van der Waals surface area (Å²) in [7, 11) is 0. The first-order valence-electron chi connectivity index (χ1n) is 10.5. The summed E-state index contributed by atoms with van der Waals surface area (Å²) >= 11 is 0. The molecule has 4 aliphatic carbocycles. The number of hydrogen-bond acceptors (Lipinski definition) is 3. The number of hydrogen-bond donors (Lipinski definition) is 1. The zero-order valence-electron chi connectivity index (χ0n) is 16.2. The molecule has 3 heteroatoms. The van der Waals surface area contributed by atoms with E-state index < -0.39 is 0 Å². The van der Waals surface area contributed by atoms with Crippen molar-refractivity contribution >= 4 is 5.71 Å². The van der Waals surface area contributed by atoms with Crippen LogP contribution in [0.4, 0.5) is 0 Å². The average Bonchev–Trinajstić information content (AvgIpc) is 2.90. The minimum atomic E-state index is 0.446. The highest BCUT2D eigenvalue weighted by molar-refractivity contribution is 5.85. The van der Waals surface area contributed by atoms with E-state index in [9.17, 15) is 0 Å². The van der Waals surface area contributed by atoms with E-state index in [-0.39, 0.29) is 0 Å². The van der Waals surface area contributed by atoms with Crippen molar-refractivity contribution in [2.24, 2.45) is 45.4 Å². The Balaban J connectivity index is 1.51. The van der Waals surface area contributed by atoms with Crippen molar-refractivity contribution in [1.29, 1.82) is 0 Å². The molecule has 6 atom stereocenters. The predicted molar refractivity (Wildman–Crippen MR) is 103 cm³/mol. The van der Waals surface area contributed by atoms with Crippen LogP contribution in [0.5, 0.6) is 0 Å². The lowest BCUT2D eigenvalue weighted by Gasteiger charge is -2.60. The molecule has 0 bridgehead atoms. The van der Waals surface area contributed by atoms with Crippen LogP contribution in [0.1, 0.15) is 71.6 Å². The van der Waals surface area contributed by atoms with E-state index >= 15 is 0 Å². The van der Waals surface area contributed by atoms with Gasteiger partial charge in [-0.1, -0.05) is 31.2 Å². The monoisotopic (exact) mass is 344 g/mol. The van der Waals surface area contributed by atoms with E-state index in [4.69, 9.17) is 10.6 Å². The first-order chi connectivity index (χ1) is 12.0. The molecule has 2 N–H and O–H groups in total. The van der Waals surface area contributed by atoms with E-state index in [0.29, 0.717) is 24.0 Å². The molecule has 0 aromatic rings. The third-order valence-electron chi connectivity index (χ3n) is 8.86. The van der Waals surface area contributed by atoms with Crippen LogP contribution in [0.2, 0.25) is 0 Å². The fourth-order valence-electron chi connectivity index (χ4n) is 7.24. The van der Waals surface area contributed by atoms with Gasteiger partial charge in [-0.15, -0.1) is 0 Å². The van der Waals surface area contributed by atoms with Crippen LogP contribution in [0.15, 0.2) is 17.3 Å². The van der Waals surface area contributed by atoms with Crippen LogP contribution in [0.25, 0.3) is 0 Å². The third kappa shape index (κ3) is 2.69. The van der Waals surface area contributed by atoms with Gasteiger partial charge in [-0.25, -0.2) is 0 Å². The second-order valence-electron chi connectivity index (χ2n) is 9.74. The molecule has 4 fully saturated rings.